The van der Waals surface area contributed by atoms with Crippen molar-refractivity contribution in [3.63, 3.8) is 0 Å². The minimum Gasteiger partial charge on any atom is -0.368 e. The number of carbonyl (C=O) groups excluding carboxylic acids is 2. The Hall–Kier alpha value is -2.77. The standard InChI is InChI=1S/C16H22N6O2/c1-8-6-9(2)19-16(18-8)22-12(5)13(10(3)21-22)7-14(23)20-11(4)15(17)24/h6,11H,7H2,1-5H3,(H2,17,24)(H,20,23)/t11-/m1/s1. The summed E-state index contributed by atoms with van der Waals surface area (Å²) < 4.78 is 1.63. The molecule has 2 amide bonds. The molecule has 0 bridgehead atoms. The Kier molecular flexibility index (Phi) is 4.96. The fourth-order valence-electron chi connectivity index (χ4n) is 2.45. The van der Waals surface area contributed by atoms with E-state index in [0.717, 1.165) is 28.3 Å². The van der Waals surface area contributed by atoms with Gasteiger partial charge in [-0.15, -0.1) is 0 Å². The Bertz CT molecular complexity index is 776. The van der Waals surface area contributed by atoms with Gasteiger partial charge in [0.05, 0.1) is 12.1 Å². The molecule has 0 saturated carbocycles. The summed E-state index contributed by atoms with van der Waals surface area (Å²) in [6, 6.07) is 1.17. The summed E-state index contributed by atoms with van der Waals surface area (Å²) >= 11 is 0. The number of nitrogens with zero attached hydrogens (tertiary/aromatic N) is 4. The van der Waals surface area contributed by atoms with Gasteiger partial charge in [-0.2, -0.15) is 5.10 Å². The van der Waals surface area contributed by atoms with E-state index in [1.807, 2.05) is 33.8 Å². The third-order valence-corrected chi connectivity index (χ3v) is 3.74. The molecule has 2 aromatic heterocycles. The molecule has 0 radical (unpaired) electrons. The highest BCUT2D eigenvalue weighted by Crippen LogP contribution is 2.17. The lowest BCUT2D eigenvalue weighted by Gasteiger charge is -2.10. The summed E-state index contributed by atoms with van der Waals surface area (Å²) in [5.74, 6) is -0.380. The number of nitrogens with one attached hydrogen (secondary N) is 1. The van der Waals surface area contributed by atoms with Gasteiger partial charge in [0.1, 0.15) is 6.04 Å². The Morgan fingerprint density at radius 2 is 1.79 bits per heavy atom. The summed E-state index contributed by atoms with van der Waals surface area (Å²) in [4.78, 5) is 31.9. The van der Waals surface area contributed by atoms with E-state index >= 15 is 0 Å². The van der Waals surface area contributed by atoms with Crippen LogP contribution in [0.3, 0.4) is 0 Å². The molecule has 0 fully saturated rings. The lowest BCUT2D eigenvalue weighted by atomic mass is 10.1. The number of carbonyl (C=O) groups is 2. The number of aromatic nitrogens is 4. The lowest BCUT2D eigenvalue weighted by molar-refractivity contribution is -0.126. The van der Waals surface area contributed by atoms with Crippen LogP contribution in [0.1, 0.15) is 35.3 Å². The Morgan fingerprint density at radius 3 is 2.33 bits per heavy atom. The molecule has 24 heavy (non-hydrogen) atoms. The zero-order valence-corrected chi connectivity index (χ0v) is 14.5. The Morgan fingerprint density at radius 1 is 1.21 bits per heavy atom. The van der Waals surface area contributed by atoms with Crippen molar-refractivity contribution < 1.29 is 9.59 Å². The normalized spacial score (nSPS) is 12.0. The average Bonchev–Trinajstić information content (AvgIpc) is 2.74. The third kappa shape index (κ3) is 3.76. The monoisotopic (exact) mass is 330 g/mol. The van der Waals surface area contributed by atoms with Crippen molar-refractivity contribution >= 4 is 11.8 Å². The van der Waals surface area contributed by atoms with Gasteiger partial charge in [-0.3, -0.25) is 9.59 Å². The second-order valence-electron chi connectivity index (χ2n) is 5.88. The zero-order chi connectivity index (χ0) is 18.0. The highest BCUT2D eigenvalue weighted by atomic mass is 16.2. The van der Waals surface area contributed by atoms with Crippen molar-refractivity contribution in [2.24, 2.45) is 5.73 Å². The van der Waals surface area contributed by atoms with Crippen molar-refractivity contribution in [1.29, 1.82) is 0 Å². The van der Waals surface area contributed by atoms with Gasteiger partial charge < -0.3 is 11.1 Å². The number of hydrogen-bond acceptors (Lipinski definition) is 5. The molecule has 2 aromatic rings. The van der Waals surface area contributed by atoms with Gasteiger partial charge in [-0.1, -0.05) is 0 Å². The maximum atomic E-state index is 12.1. The van der Waals surface area contributed by atoms with E-state index in [0.29, 0.717) is 5.95 Å². The molecule has 2 rings (SSSR count). The highest BCUT2D eigenvalue weighted by molar-refractivity contribution is 5.87. The average molecular weight is 330 g/mol. The quantitative estimate of drug-likeness (QED) is 0.824. The fourth-order valence-corrected chi connectivity index (χ4v) is 2.45. The van der Waals surface area contributed by atoms with Crippen LogP contribution >= 0.6 is 0 Å². The minimum absolute atomic E-state index is 0.111. The van der Waals surface area contributed by atoms with Crippen molar-refractivity contribution in [1.82, 2.24) is 25.1 Å². The number of nitrogens with two attached hydrogens (primary N) is 1. The largest absolute Gasteiger partial charge is 0.368 e. The van der Waals surface area contributed by atoms with Crippen LogP contribution in [0, 0.1) is 27.7 Å². The van der Waals surface area contributed by atoms with E-state index in [2.05, 4.69) is 20.4 Å². The molecule has 128 valence electrons. The molecular formula is C16H22N6O2. The van der Waals surface area contributed by atoms with Crippen LogP contribution in [-0.2, 0) is 16.0 Å². The predicted octanol–water partition coefficient (Wildman–Crippen LogP) is 0.428. The first kappa shape index (κ1) is 17.6. The highest BCUT2D eigenvalue weighted by Gasteiger charge is 2.19. The van der Waals surface area contributed by atoms with Gasteiger partial charge >= 0.3 is 0 Å². The first-order valence-corrected chi connectivity index (χ1v) is 7.65. The Balaban J connectivity index is 2.29. The molecule has 0 aliphatic rings. The van der Waals surface area contributed by atoms with E-state index < -0.39 is 11.9 Å². The van der Waals surface area contributed by atoms with Crippen molar-refractivity contribution in [3.8, 4) is 5.95 Å². The summed E-state index contributed by atoms with van der Waals surface area (Å²) in [6.45, 7) is 9.02. The Labute approximate surface area is 140 Å². The first-order chi connectivity index (χ1) is 11.2. The lowest BCUT2D eigenvalue weighted by Crippen LogP contribution is -2.42. The number of rotatable bonds is 5. The van der Waals surface area contributed by atoms with Gasteiger partial charge in [-0.05, 0) is 40.7 Å². The maximum Gasteiger partial charge on any atom is 0.251 e. The molecule has 8 nitrogen and oxygen atoms in total. The van der Waals surface area contributed by atoms with E-state index in [4.69, 9.17) is 5.73 Å². The molecule has 0 aliphatic carbocycles. The molecule has 0 saturated heterocycles. The second kappa shape index (κ2) is 6.77. The second-order valence-corrected chi connectivity index (χ2v) is 5.88. The molecule has 0 aromatic carbocycles. The smallest absolute Gasteiger partial charge is 0.251 e. The van der Waals surface area contributed by atoms with E-state index in [-0.39, 0.29) is 12.3 Å². The maximum absolute atomic E-state index is 12.1. The van der Waals surface area contributed by atoms with Gasteiger partial charge in [0.25, 0.3) is 5.95 Å². The summed E-state index contributed by atoms with van der Waals surface area (Å²) in [5.41, 5.74) is 9.15. The zero-order valence-electron chi connectivity index (χ0n) is 14.5. The number of amides is 2. The van der Waals surface area contributed by atoms with Crippen LogP contribution in [0.15, 0.2) is 6.07 Å². The first-order valence-electron chi connectivity index (χ1n) is 7.65. The van der Waals surface area contributed by atoms with Crippen LogP contribution in [0.25, 0.3) is 5.95 Å². The number of hydrogen-bond donors (Lipinski definition) is 2. The summed E-state index contributed by atoms with van der Waals surface area (Å²) in [5, 5.41) is 7.02. The molecule has 0 aliphatic heterocycles. The van der Waals surface area contributed by atoms with E-state index in [1.165, 1.54) is 0 Å². The van der Waals surface area contributed by atoms with Crippen LogP contribution in [0.4, 0.5) is 0 Å². The van der Waals surface area contributed by atoms with Gasteiger partial charge in [0, 0.05) is 22.6 Å². The predicted molar refractivity (Wildman–Crippen MR) is 88.6 cm³/mol. The van der Waals surface area contributed by atoms with Crippen LogP contribution in [0.2, 0.25) is 0 Å². The van der Waals surface area contributed by atoms with Gasteiger partial charge in [0.2, 0.25) is 11.8 Å². The molecule has 2 heterocycles. The van der Waals surface area contributed by atoms with Crippen molar-refractivity contribution in [2.45, 2.75) is 47.1 Å². The molecule has 0 spiro atoms. The van der Waals surface area contributed by atoms with E-state index in [9.17, 15) is 9.59 Å². The summed E-state index contributed by atoms with van der Waals surface area (Å²) in [6.07, 6.45) is 0.111. The van der Waals surface area contributed by atoms with Crippen LogP contribution in [-0.4, -0.2) is 37.6 Å². The van der Waals surface area contributed by atoms with Crippen LogP contribution in [0.5, 0.6) is 0 Å². The van der Waals surface area contributed by atoms with Gasteiger partial charge in [0.15, 0.2) is 0 Å². The minimum atomic E-state index is -0.712. The summed E-state index contributed by atoms with van der Waals surface area (Å²) in [7, 11) is 0. The third-order valence-electron chi connectivity index (χ3n) is 3.74. The SMILES string of the molecule is Cc1cc(C)nc(-n2nc(C)c(CC(=O)N[C@H](C)C(N)=O)c2C)n1. The molecule has 1 atom stereocenters. The van der Waals surface area contributed by atoms with E-state index in [1.54, 1.807) is 11.6 Å². The number of primary amides is 1. The molecule has 8 heteroatoms. The molecular weight excluding hydrogens is 308 g/mol. The molecule has 3 N–H and O–H groups in total. The molecule has 0 unspecified atom stereocenters. The fraction of sp³-hybridized carbons (Fsp3) is 0.438. The van der Waals surface area contributed by atoms with Crippen LogP contribution < -0.4 is 11.1 Å². The van der Waals surface area contributed by atoms with Crippen molar-refractivity contribution in [3.05, 3.63) is 34.4 Å². The number of aryl methyl sites for hydroxylation is 3. The van der Waals surface area contributed by atoms with Gasteiger partial charge in [-0.25, -0.2) is 14.6 Å². The topological polar surface area (TPSA) is 116 Å². The van der Waals surface area contributed by atoms with Crippen molar-refractivity contribution in [2.75, 3.05) is 0 Å².